The average molecular weight is 166 g/mol. The van der Waals surface area contributed by atoms with Gasteiger partial charge in [-0.05, 0) is 12.8 Å². The summed E-state index contributed by atoms with van der Waals surface area (Å²) in [4.78, 5) is 7.60. The highest BCUT2D eigenvalue weighted by molar-refractivity contribution is 5.48. The molecule has 0 spiro atoms. The summed E-state index contributed by atoms with van der Waals surface area (Å²) in [6, 6.07) is 0. The number of ether oxygens (including phenoxy) is 1. The molecule has 5 nitrogen and oxygen atoms in total. The normalized spacial score (nSPS) is 16.0. The van der Waals surface area contributed by atoms with Crippen molar-refractivity contribution in [2.75, 3.05) is 11.5 Å². The molecule has 0 amide bonds. The summed E-state index contributed by atoms with van der Waals surface area (Å²) in [5, 5.41) is 0. The van der Waals surface area contributed by atoms with Crippen molar-refractivity contribution < 1.29 is 4.74 Å². The van der Waals surface area contributed by atoms with Crippen molar-refractivity contribution in [2.45, 2.75) is 18.9 Å². The minimum Gasteiger partial charge on any atom is -0.473 e. The number of aromatic nitrogens is 2. The van der Waals surface area contributed by atoms with Gasteiger partial charge in [0.05, 0.1) is 6.20 Å². The van der Waals surface area contributed by atoms with E-state index in [-0.39, 0.29) is 12.1 Å². The van der Waals surface area contributed by atoms with Crippen LogP contribution in [-0.2, 0) is 0 Å². The van der Waals surface area contributed by atoms with Crippen LogP contribution in [0.5, 0.6) is 5.88 Å². The molecule has 0 atom stereocenters. The van der Waals surface area contributed by atoms with E-state index < -0.39 is 0 Å². The summed E-state index contributed by atoms with van der Waals surface area (Å²) in [6.45, 7) is 0. The lowest BCUT2D eigenvalue weighted by Crippen LogP contribution is -2.05. The van der Waals surface area contributed by atoms with E-state index in [0.717, 1.165) is 12.8 Å². The topological polar surface area (TPSA) is 87.0 Å². The maximum atomic E-state index is 5.56. The molecule has 2 rings (SSSR count). The van der Waals surface area contributed by atoms with Gasteiger partial charge in [-0.25, -0.2) is 4.98 Å². The van der Waals surface area contributed by atoms with Crippen molar-refractivity contribution in [3.8, 4) is 5.88 Å². The standard InChI is InChI=1S/C7H10N4O/c8-5-3-10-7(9)11-6(5)12-4-1-2-4/h3-4H,1-2,8H2,(H2,9,10,11). The number of nitrogens with zero attached hydrogens (tertiary/aromatic N) is 2. The summed E-state index contributed by atoms with van der Waals surface area (Å²) in [5.41, 5.74) is 11.4. The van der Waals surface area contributed by atoms with Crippen LogP contribution in [0.1, 0.15) is 12.8 Å². The first-order valence-corrected chi connectivity index (χ1v) is 3.80. The van der Waals surface area contributed by atoms with Crippen LogP contribution in [0.4, 0.5) is 11.6 Å². The van der Waals surface area contributed by atoms with Crippen LogP contribution in [0, 0.1) is 0 Å². The molecule has 1 heterocycles. The largest absolute Gasteiger partial charge is 0.473 e. The van der Waals surface area contributed by atoms with Crippen LogP contribution in [-0.4, -0.2) is 16.1 Å². The van der Waals surface area contributed by atoms with Gasteiger partial charge < -0.3 is 16.2 Å². The fourth-order valence-electron chi connectivity index (χ4n) is 0.827. The molecule has 0 bridgehead atoms. The molecule has 0 aromatic carbocycles. The van der Waals surface area contributed by atoms with Gasteiger partial charge in [0.2, 0.25) is 11.8 Å². The zero-order chi connectivity index (χ0) is 8.55. The molecule has 12 heavy (non-hydrogen) atoms. The molecular formula is C7H10N4O. The van der Waals surface area contributed by atoms with Crippen LogP contribution in [0.3, 0.4) is 0 Å². The lowest BCUT2D eigenvalue weighted by molar-refractivity contribution is 0.293. The summed E-state index contributed by atoms with van der Waals surface area (Å²) in [6.07, 6.45) is 3.88. The Kier molecular flexibility index (Phi) is 1.49. The van der Waals surface area contributed by atoms with Crippen molar-refractivity contribution in [2.24, 2.45) is 0 Å². The van der Waals surface area contributed by atoms with E-state index in [0.29, 0.717) is 11.6 Å². The molecule has 1 aromatic heterocycles. The summed E-state index contributed by atoms with van der Waals surface area (Å²) in [5.74, 6) is 0.602. The highest BCUT2D eigenvalue weighted by Crippen LogP contribution is 2.28. The first kappa shape index (κ1) is 7.15. The summed E-state index contributed by atoms with van der Waals surface area (Å²) < 4.78 is 5.38. The van der Waals surface area contributed by atoms with E-state index in [4.69, 9.17) is 16.2 Å². The van der Waals surface area contributed by atoms with Gasteiger partial charge in [0.25, 0.3) is 0 Å². The summed E-state index contributed by atoms with van der Waals surface area (Å²) in [7, 11) is 0. The Balaban J connectivity index is 2.21. The van der Waals surface area contributed by atoms with Gasteiger partial charge in [0.1, 0.15) is 11.8 Å². The van der Waals surface area contributed by atoms with Gasteiger partial charge >= 0.3 is 0 Å². The first-order chi connectivity index (χ1) is 5.75. The van der Waals surface area contributed by atoms with Crippen molar-refractivity contribution in [3.63, 3.8) is 0 Å². The van der Waals surface area contributed by atoms with Crippen molar-refractivity contribution in [3.05, 3.63) is 6.20 Å². The predicted octanol–water partition coefficient (Wildman–Crippen LogP) is 0.182. The smallest absolute Gasteiger partial charge is 0.242 e. The minimum absolute atomic E-state index is 0.194. The van der Waals surface area contributed by atoms with Gasteiger partial charge in [0, 0.05) is 0 Å². The van der Waals surface area contributed by atoms with Crippen LogP contribution in [0.25, 0.3) is 0 Å². The molecule has 1 aliphatic rings. The van der Waals surface area contributed by atoms with Crippen LogP contribution in [0.15, 0.2) is 6.20 Å². The Morgan fingerprint density at radius 1 is 1.42 bits per heavy atom. The van der Waals surface area contributed by atoms with E-state index in [1.165, 1.54) is 6.20 Å². The Morgan fingerprint density at radius 2 is 2.17 bits per heavy atom. The Hall–Kier alpha value is -1.52. The fraction of sp³-hybridized carbons (Fsp3) is 0.429. The maximum Gasteiger partial charge on any atom is 0.242 e. The Bertz CT molecular complexity index is 297. The molecule has 0 radical (unpaired) electrons. The highest BCUT2D eigenvalue weighted by atomic mass is 16.5. The van der Waals surface area contributed by atoms with Gasteiger partial charge in [-0.2, -0.15) is 4.98 Å². The summed E-state index contributed by atoms with van der Waals surface area (Å²) >= 11 is 0. The Labute approximate surface area is 69.8 Å². The van der Waals surface area contributed by atoms with Crippen LogP contribution < -0.4 is 16.2 Å². The molecular weight excluding hydrogens is 156 g/mol. The molecule has 0 saturated heterocycles. The molecule has 1 fully saturated rings. The van der Waals surface area contributed by atoms with Crippen molar-refractivity contribution in [1.82, 2.24) is 9.97 Å². The van der Waals surface area contributed by atoms with E-state index in [1.54, 1.807) is 0 Å². The van der Waals surface area contributed by atoms with Crippen molar-refractivity contribution >= 4 is 11.6 Å². The number of hydrogen-bond donors (Lipinski definition) is 2. The second kappa shape index (κ2) is 2.51. The highest BCUT2D eigenvalue weighted by Gasteiger charge is 2.25. The number of rotatable bonds is 2. The number of nitrogens with two attached hydrogens (primary N) is 2. The number of hydrogen-bond acceptors (Lipinski definition) is 5. The zero-order valence-corrected chi connectivity index (χ0v) is 6.53. The van der Waals surface area contributed by atoms with Gasteiger partial charge in [-0.3, -0.25) is 0 Å². The second-order valence-corrected chi connectivity index (χ2v) is 2.81. The molecule has 0 aliphatic heterocycles. The molecule has 64 valence electrons. The first-order valence-electron chi connectivity index (χ1n) is 3.80. The third kappa shape index (κ3) is 1.39. The average Bonchev–Trinajstić information content (AvgIpc) is 2.81. The monoisotopic (exact) mass is 166 g/mol. The van der Waals surface area contributed by atoms with Crippen LogP contribution in [0.2, 0.25) is 0 Å². The third-order valence-electron chi connectivity index (χ3n) is 1.60. The third-order valence-corrected chi connectivity index (χ3v) is 1.60. The second-order valence-electron chi connectivity index (χ2n) is 2.81. The minimum atomic E-state index is 0.194. The fourth-order valence-corrected chi connectivity index (χ4v) is 0.827. The number of nitrogen functional groups attached to an aromatic ring is 2. The van der Waals surface area contributed by atoms with Crippen molar-refractivity contribution in [1.29, 1.82) is 0 Å². The molecule has 5 heteroatoms. The maximum absolute atomic E-state index is 5.56. The lowest BCUT2D eigenvalue weighted by Gasteiger charge is -2.05. The lowest BCUT2D eigenvalue weighted by atomic mass is 10.5. The van der Waals surface area contributed by atoms with E-state index in [1.807, 2.05) is 0 Å². The zero-order valence-electron chi connectivity index (χ0n) is 6.53. The van der Waals surface area contributed by atoms with Gasteiger partial charge in [-0.1, -0.05) is 0 Å². The molecule has 0 unspecified atom stereocenters. The molecule has 1 aliphatic carbocycles. The quantitative estimate of drug-likeness (QED) is 0.654. The Morgan fingerprint density at radius 3 is 2.83 bits per heavy atom. The number of anilines is 2. The van der Waals surface area contributed by atoms with E-state index >= 15 is 0 Å². The molecule has 4 N–H and O–H groups in total. The molecule has 1 saturated carbocycles. The SMILES string of the molecule is Nc1ncc(N)c(OC2CC2)n1. The van der Waals surface area contributed by atoms with Gasteiger partial charge in [-0.15, -0.1) is 0 Å². The van der Waals surface area contributed by atoms with Gasteiger partial charge in [0.15, 0.2) is 0 Å². The predicted molar refractivity (Wildman–Crippen MR) is 44.5 cm³/mol. The van der Waals surface area contributed by atoms with E-state index in [2.05, 4.69) is 9.97 Å². The van der Waals surface area contributed by atoms with Crippen LogP contribution >= 0.6 is 0 Å². The molecule has 1 aromatic rings. The van der Waals surface area contributed by atoms with E-state index in [9.17, 15) is 0 Å².